The maximum Gasteiger partial charge on any atom is 0.303 e. The molecular weight excluding hydrogens is 252 g/mol. The van der Waals surface area contributed by atoms with Crippen molar-refractivity contribution in [3.8, 4) is 16.9 Å². The number of rotatable bonds is 5. The summed E-state index contributed by atoms with van der Waals surface area (Å²) in [5.74, 6) is 0.0360. The molecule has 20 heavy (non-hydrogen) atoms. The predicted molar refractivity (Wildman–Crippen MR) is 79.1 cm³/mol. The van der Waals surface area contributed by atoms with Gasteiger partial charge >= 0.3 is 5.97 Å². The number of carbonyl (C=O) groups is 1. The third kappa shape index (κ3) is 3.38. The largest absolute Gasteiger partial charge is 0.497 e. The van der Waals surface area contributed by atoms with Gasteiger partial charge in [0.1, 0.15) is 5.75 Å². The fourth-order valence-electron chi connectivity index (χ4n) is 2.21. The second-order valence-electron chi connectivity index (χ2n) is 4.86. The van der Waals surface area contributed by atoms with Crippen molar-refractivity contribution in [2.75, 3.05) is 7.11 Å². The lowest BCUT2D eigenvalue weighted by Crippen LogP contribution is -2.02. The Kier molecular flexibility index (Phi) is 4.41. The van der Waals surface area contributed by atoms with Gasteiger partial charge in [0.05, 0.1) is 13.5 Å². The summed E-state index contributed by atoms with van der Waals surface area (Å²) >= 11 is 0. The summed E-state index contributed by atoms with van der Waals surface area (Å²) in [7, 11) is 1.64. The summed E-state index contributed by atoms with van der Waals surface area (Å²) in [6.07, 6.45) is 0.140. The van der Waals surface area contributed by atoms with E-state index >= 15 is 0 Å². The van der Waals surface area contributed by atoms with E-state index in [4.69, 9.17) is 9.84 Å². The first-order valence-corrected chi connectivity index (χ1v) is 6.56. The number of carboxylic acid groups (broad SMARTS) is 1. The van der Waals surface area contributed by atoms with Crippen molar-refractivity contribution in [1.82, 2.24) is 0 Å². The normalized spacial score (nSPS) is 11.9. The minimum Gasteiger partial charge on any atom is -0.497 e. The lowest BCUT2D eigenvalue weighted by atomic mass is 9.94. The van der Waals surface area contributed by atoms with E-state index in [-0.39, 0.29) is 12.3 Å². The van der Waals surface area contributed by atoms with Crippen molar-refractivity contribution in [2.24, 2.45) is 0 Å². The Morgan fingerprint density at radius 2 is 1.80 bits per heavy atom. The van der Waals surface area contributed by atoms with Crippen molar-refractivity contribution >= 4 is 5.97 Å². The molecule has 3 heteroatoms. The van der Waals surface area contributed by atoms with Crippen LogP contribution in [0, 0.1) is 0 Å². The Morgan fingerprint density at radius 3 is 2.45 bits per heavy atom. The van der Waals surface area contributed by atoms with Crippen molar-refractivity contribution in [3.05, 3.63) is 54.1 Å². The number of carboxylic acids is 1. The van der Waals surface area contributed by atoms with E-state index in [1.54, 1.807) is 7.11 Å². The first-order valence-electron chi connectivity index (χ1n) is 6.56. The van der Waals surface area contributed by atoms with Crippen LogP contribution in [-0.4, -0.2) is 18.2 Å². The highest BCUT2D eigenvalue weighted by Gasteiger charge is 2.11. The van der Waals surface area contributed by atoms with Crippen molar-refractivity contribution in [3.63, 3.8) is 0 Å². The van der Waals surface area contributed by atoms with Crippen LogP contribution in [0.4, 0.5) is 0 Å². The Balaban J connectivity index is 2.31. The molecule has 2 aromatic rings. The van der Waals surface area contributed by atoms with Gasteiger partial charge in [-0.2, -0.15) is 0 Å². The molecule has 0 aliphatic heterocycles. The smallest absolute Gasteiger partial charge is 0.303 e. The van der Waals surface area contributed by atoms with Crippen LogP contribution in [0.1, 0.15) is 24.8 Å². The number of benzene rings is 2. The summed E-state index contributed by atoms with van der Waals surface area (Å²) in [6.45, 7) is 1.93. The molecule has 0 aromatic heterocycles. The van der Waals surface area contributed by atoms with Crippen molar-refractivity contribution in [1.29, 1.82) is 0 Å². The zero-order chi connectivity index (χ0) is 14.5. The number of aliphatic carboxylic acids is 1. The van der Waals surface area contributed by atoms with Gasteiger partial charge < -0.3 is 9.84 Å². The van der Waals surface area contributed by atoms with Crippen LogP contribution in [0.5, 0.6) is 5.75 Å². The molecule has 3 nitrogen and oxygen atoms in total. The quantitative estimate of drug-likeness (QED) is 0.895. The highest BCUT2D eigenvalue weighted by atomic mass is 16.5. The molecule has 0 aliphatic rings. The van der Waals surface area contributed by atoms with E-state index in [9.17, 15) is 4.79 Å². The number of ether oxygens (including phenoxy) is 1. The summed E-state index contributed by atoms with van der Waals surface area (Å²) in [4.78, 5) is 10.8. The second kappa shape index (κ2) is 6.24. The fraction of sp³-hybridized carbons (Fsp3) is 0.235. The third-order valence-electron chi connectivity index (χ3n) is 3.34. The first-order chi connectivity index (χ1) is 9.60. The topological polar surface area (TPSA) is 46.5 Å². The molecule has 0 bridgehead atoms. The lowest BCUT2D eigenvalue weighted by molar-refractivity contribution is -0.137. The number of hydrogen-bond donors (Lipinski definition) is 1. The van der Waals surface area contributed by atoms with Crippen molar-refractivity contribution in [2.45, 2.75) is 19.3 Å². The van der Waals surface area contributed by atoms with Gasteiger partial charge in [-0.05, 0) is 34.7 Å². The molecule has 1 atom stereocenters. The predicted octanol–water partition coefficient (Wildman–Crippen LogP) is 3.94. The average molecular weight is 270 g/mol. The van der Waals surface area contributed by atoms with Gasteiger partial charge in [0.15, 0.2) is 0 Å². The molecule has 0 saturated carbocycles. The molecule has 0 fully saturated rings. The first kappa shape index (κ1) is 14.1. The highest BCUT2D eigenvalue weighted by molar-refractivity contribution is 5.69. The minimum absolute atomic E-state index is 0.00180. The maximum atomic E-state index is 10.8. The van der Waals surface area contributed by atoms with Crippen LogP contribution in [0.25, 0.3) is 11.1 Å². The average Bonchev–Trinajstić information content (AvgIpc) is 2.47. The zero-order valence-electron chi connectivity index (χ0n) is 11.7. The van der Waals surface area contributed by atoms with E-state index < -0.39 is 5.97 Å². The monoisotopic (exact) mass is 270 g/mol. The molecule has 104 valence electrons. The second-order valence-corrected chi connectivity index (χ2v) is 4.86. The molecule has 0 radical (unpaired) electrons. The molecular formula is C17H18O3. The van der Waals surface area contributed by atoms with Crippen LogP contribution in [0.3, 0.4) is 0 Å². The molecule has 2 rings (SSSR count). The van der Waals surface area contributed by atoms with Crippen LogP contribution < -0.4 is 4.74 Å². The SMILES string of the molecule is COc1cccc(-c2cccc(C(C)CC(=O)O)c2)c1. The number of methoxy groups -OCH3 is 1. The molecule has 0 amide bonds. The van der Waals surface area contributed by atoms with Gasteiger partial charge in [-0.3, -0.25) is 4.79 Å². The van der Waals surface area contributed by atoms with E-state index in [2.05, 4.69) is 0 Å². The van der Waals surface area contributed by atoms with Crippen molar-refractivity contribution < 1.29 is 14.6 Å². The molecule has 0 saturated heterocycles. The Morgan fingerprint density at radius 1 is 1.15 bits per heavy atom. The lowest BCUT2D eigenvalue weighted by Gasteiger charge is -2.11. The molecule has 1 unspecified atom stereocenters. The van der Waals surface area contributed by atoms with E-state index in [0.717, 1.165) is 22.4 Å². The van der Waals surface area contributed by atoms with Gasteiger partial charge in [0, 0.05) is 0 Å². The standard InChI is InChI=1S/C17H18O3/c1-12(9-17(18)19)13-5-3-6-14(10-13)15-7-4-8-16(11-15)20-2/h3-8,10-12H,9H2,1-2H3,(H,18,19). The maximum absolute atomic E-state index is 10.8. The van der Waals surface area contributed by atoms with Crippen LogP contribution >= 0.6 is 0 Å². The van der Waals surface area contributed by atoms with Crippen LogP contribution in [-0.2, 0) is 4.79 Å². The molecule has 0 heterocycles. The van der Waals surface area contributed by atoms with E-state index in [1.165, 1.54) is 0 Å². The summed E-state index contributed by atoms with van der Waals surface area (Å²) in [5.41, 5.74) is 3.17. The zero-order valence-corrected chi connectivity index (χ0v) is 11.7. The Hall–Kier alpha value is -2.29. The van der Waals surface area contributed by atoms with Gasteiger partial charge in [-0.15, -0.1) is 0 Å². The van der Waals surface area contributed by atoms with Crippen LogP contribution in [0.2, 0.25) is 0 Å². The number of hydrogen-bond acceptors (Lipinski definition) is 2. The van der Waals surface area contributed by atoms with Gasteiger partial charge in [0.2, 0.25) is 0 Å². The van der Waals surface area contributed by atoms with Crippen LogP contribution in [0.15, 0.2) is 48.5 Å². The molecule has 2 aromatic carbocycles. The minimum atomic E-state index is -0.774. The Bertz CT molecular complexity index is 605. The molecule has 0 spiro atoms. The van der Waals surface area contributed by atoms with Gasteiger partial charge in [-0.25, -0.2) is 0 Å². The summed E-state index contributed by atoms with van der Waals surface area (Å²) in [5, 5.41) is 8.88. The van der Waals surface area contributed by atoms with Gasteiger partial charge in [0.25, 0.3) is 0 Å². The highest BCUT2D eigenvalue weighted by Crippen LogP contribution is 2.27. The molecule has 0 aliphatic carbocycles. The molecule has 1 N–H and O–H groups in total. The van der Waals surface area contributed by atoms with E-state index in [0.29, 0.717) is 0 Å². The summed E-state index contributed by atoms with van der Waals surface area (Å²) < 4.78 is 5.23. The summed E-state index contributed by atoms with van der Waals surface area (Å²) in [6, 6.07) is 15.8. The third-order valence-corrected chi connectivity index (χ3v) is 3.34. The van der Waals surface area contributed by atoms with Gasteiger partial charge in [-0.1, -0.05) is 43.3 Å². The fourth-order valence-corrected chi connectivity index (χ4v) is 2.21. The van der Waals surface area contributed by atoms with E-state index in [1.807, 2.05) is 55.5 Å². The Labute approximate surface area is 118 Å².